The molecule has 0 radical (unpaired) electrons. The molecule has 152 valence electrons. The van der Waals surface area contributed by atoms with Crippen molar-refractivity contribution in [1.82, 2.24) is 5.32 Å². The highest BCUT2D eigenvalue weighted by atomic mass is 32.2. The summed E-state index contributed by atoms with van der Waals surface area (Å²) in [4.78, 5) is 0. The van der Waals surface area contributed by atoms with Crippen molar-refractivity contribution in [3.05, 3.63) is 0 Å². The largest absolute Gasteiger partial charge is 0.315 e. The molecular formula is C22H47NS2. The van der Waals surface area contributed by atoms with E-state index in [4.69, 9.17) is 0 Å². The van der Waals surface area contributed by atoms with Gasteiger partial charge in [-0.25, -0.2) is 0 Å². The molecular weight excluding hydrogens is 342 g/mol. The van der Waals surface area contributed by atoms with E-state index in [9.17, 15) is 0 Å². The Morgan fingerprint density at radius 1 is 0.640 bits per heavy atom. The lowest BCUT2D eigenvalue weighted by atomic mass is 10.1. The van der Waals surface area contributed by atoms with Crippen LogP contribution in [0.25, 0.3) is 0 Å². The molecule has 1 N–H and O–H groups in total. The molecule has 1 atom stereocenters. The predicted octanol–water partition coefficient (Wildman–Crippen LogP) is 7.54. The molecule has 0 aliphatic rings. The molecule has 0 aliphatic heterocycles. The first-order chi connectivity index (χ1) is 12.3. The fourth-order valence-electron chi connectivity index (χ4n) is 2.95. The van der Waals surface area contributed by atoms with Gasteiger partial charge in [0.25, 0.3) is 0 Å². The van der Waals surface area contributed by atoms with E-state index in [2.05, 4.69) is 49.6 Å². The van der Waals surface area contributed by atoms with Crippen LogP contribution in [-0.4, -0.2) is 35.6 Å². The first kappa shape index (κ1) is 25.7. The zero-order valence-electron chi connectivity index (χ0n) is 17.6. The second-order valence-corrected chi connectivity index (χ2v) is 9.89. The average Bonchev–Trinajstić information content (AvgIpc) is 2.63. The van der Waals surface area contributed by atoms with Gasteiger partial charge in [0.2, 0.25) is 0 Å². The second kappa shape index (κ2) is 22.7. The van der Waals surface area contributed by atoms with Crippen molar-refractivity contribution >= 4 is 23.5 Å². The van der Waals surface area contributed by atoms with E-state index < -0.39 is 0 Å². The van der Waals surface area contributed by atoms with Crippen LogP contribution in [-0.2, 0) is 0 Å². The Morgan fingerprint density at radius 3 is 1.80 bits per heavy atom. The smallest absolute Gasteiger partial charge is 0.0169 e. The fourth-order valence-corrected chi connectivity index (χ4v) is 5.02. The van der Waals surface area contributed by atoms with E-state index in [-0.39, 0.29) is 0 Å². The Morgan fingerprint density at radius 2 is 1.20 bits per heavy atom. The van der Waals surface area contributed by atoms with Crippen LogP contribution >= 0.6 is 23.5 Å². The third-order valence-corrected chi connectivity index (χ3v) is 7.31. The van der Waals surface area contributed by atoms with E-state index in [1.807, 2.05) is 0 Å². The van der Waals surface area contributed by atoms with Crippen molar-refractivity contribution in [2.45, 2.75) is 109 Å². The highest BCUT2D eigenvalue weighted by Crippen LogP contribution is 2.17. The van der Waals surface area contributed by atoms with E-state index in [1.54, 1.807) is 0 Å². The summed E-state index contributed by atoms with van der Waals surface area (Å²) in [6.07, 6.45) is 18.3. The van der Waals surface area contributed by atoms with E-state index in [0.717, 1.165) is 5.25 Å². The molecule has 0 spiro atoms. The Kier molecular flexibility index (Phi) is 23.3. The van der Waals surface area contributed by atoms with E-state index in [1.165, 1.54) is 114 Å². The number of thioether (sulfide) groups is 2. The lowest BCUT2D eigenvalue weighted by molar-refractivity contribution is 0.625. The van der Waals surface area contributed by atoms with E-state index >= 15 is 0 Å². The molecule has 0 aliphatic carbocycles. The van der Waals surface area contributed by atoms with Gasteiger partial charge in [0, 0.05) is 24.1 Å². The molecule has 1 unspecified atom stereocenters. The molecule has 0 saturated heterocycles. The molecule has 0 rings (SSSR count). The quantitative estimate of drug-likeness (QED) is 0.204. The molecule has 0 heterocycles. The van der Waals surface area contributed by atoms with Crippen molar-refractivity contribution < 1.29 is 0 Å². The van der Waals surface area contributed by atoms with Gasteiger partial charge in [0.15, 0.2) is 0 Å². The summed E-state index contributed by atoms with van der Waals surface area (Å²) >= 11 is 4.34. The molecule has 0 amide bonds. The lowest BCUT2D eigenvalue weighted by Gasteiger charge is -2.15. The molecule has 3 heteroatoms. The van der Waals surface area contributed by atoms with Gasteiger partial charge in [-0.1, -0.05) is 85.0 Å². The SMILES string of the molecule is CCCCCCCCSCCNCC(CC)SCCCCCCCC. The highest BCUT2D eigenvalue weighted by molar-refractivity contribution is 8.00. The van der Waals surface area contributed by atoms with Crippen molar-refractivity contribution in [1.29, 1.82) is 0 Å². The van der Waals surface area contributed by atoms with Crippen molar-refractivity contribution in [2.24, 2.45) is 0 Å². The molecule has 0 aromatic carbocycles. The number of unbranched alkanes of at least 4 members (excludes halogenated alkanes) is 10. The van der Waals surface area contributed by atoms with E-state index in [0.29, 0.717) is 0 Å². The zero-order valence-corrected chi connectivity index (χ0v) is 19.3. The standard InChI is InChI=1S/C22H47NS2/c1-4-7-9-11-13-15-18-24-20-17-23-21-22(6-3)25-19-16-14-12-10-8-5-2/h22-23H,4-21H2,1-3H3. The number of rotatable bonds is 21. The van der Waals surface area contributed by atoms with Crippen LogP contribution < -0.4 is 5.32 Å². The summed E-state index contributed by atoms with van der Waals surface area (Å²) in [5, 5.41) is 4.50. The molecule has 25 heavy (non-hydrogen) atoms. The van der Waals surface area contributed by atoms with Crippen molar-refractivity contribution in [2.75, 3.05) is 30.3 Å². The first-order valence-corrected chi connectivity index (χ1v) is 13.5. The normalized spacial score (nSPS) is 12.6. The van der Waals surface area contributed by atoms with Gasteiger partial charge in [-0.2, -0.15) is 23.5 Å². The van der Waals surface area contributed by atoms with Crippen molar-refractivity contribution in [3.8, 4) is 0 Å². The molecule has 0 fully saturated rings. The molecule has 1 nitrogen and oxygen atoms in total. The number of hydrogen-bond acceptors (Lipinski definition) is 3. The van der Waals surface area contributed by atoms with Crippen LogP contribution in [0.15, 0.2) is 0 Å². The van der Waals surface area contributed by atoms with Crippen molar-refractivity contribution in [3.63, 3.8) is 0 Å². The predicted molar refractivity (Wildman–Crippen MR) is 123 cm³/mol. The Hall–Kier alpha value is 0.660. The maximum Gasteiger partial charge on any atom is 0.0169 e. The average molecular weight is 390 g/mol. The maximum absolute atomic E-state index is 3.68. The fraction of sp³-hybridized carbons (Fsp3) is 1.00. The van der Waals surface area contributed by atoms with Crippen LogP contribution in [0.2, 0.25) is 0 Å². The lowest BCUT2D eigenvalue weighted by Crippen LogP contribution is -2.26. The van der Waals surface area contributed by atoms with Gasteiger partial charge in [0.1, 0.15) is 0 Å². The van der Waals surface area contributed by atoms with Gasteiger partial charge in [-0.15, -0.1) is 0 Å². The van der Waals surface area contributed by atoms with Crippen LogP contribution in [0, 0.1) is 0 Å². The number of hydrogen-bond donors (Lipinski definition) is 1. The second-order valence-electron chi connectivity index (χ2n) is 7.25. The highest BCUT2D eigenvalue weighted by Gasteiger charge is 2.05. The summed E-state index contributed by atoms with van der Waals surface area (Å²) in [5.74, 6) is 4.00. The third kappa shape index (κ3) is 20.8. The summed E-state index contributed by atoms with van der Waals surface area (Å²) in [6.45, 7) is 9.32. The van der Waals surface area contributed by atoms with Crippen LogP contribution in [0.1, 0.15) is 104 Å². The minimum Gasteiger partial charge on any atom is -0.315 e. The van der Waals surface area contributed by atoms with Crippen LogP contribution in [0.4, 0.5) is 0 Å². The third-order valence-electron chi connectivity index (χ3n) is 4.74. The first-order valence-electron chi connectivity index (χ1n) is 11.2. The zero-order chi connectivity index (χ0) is 18.4. The molecule has 0 saturated carbocycles. The molecule has 0 aromatic heterocycles. The summed E-state index contributed by atoms with van der Waals surface area (Å²) < 4.78 is 0. The van der Waals surface area contributed by atoms with Gasteiger partial charge in [-0.05, 0) is 30.8 Å². The Bertz CT molecular complexity index is 236. The summed E-state index contributed by atoms with van der Waals surface area (Å²) in [6, 6.07) is 0. The topological polar surface area (TPSA) is 12.0 Å². The van der Waals surface area contributed by atoms with Gasteiger partial charge >= 0.3 is 0 Å². The van der Waals surface area contributed by atoms with Crippen LogP contribution in [0.5, 0.6) is 0 Å². The van der Waals surface area contributed by atoms with Gasteiger partial charge in [-0.3, -0.25) is 0 Å². The minimum absolute atomic E-state index is 0.819. The Balaban J connectivity index is 3.26. The van der Waals surface area contributed by atoms with Gasteiger partial charge in [0.05, 0.1) is 0 Å². The van der Waals surface area contributed by atoms with Crippen LogP contribution in [0.3, 0.4) is 0 Å². The summed E-state index contributed by atoms with van der Waals surface area (Å²) in [7, 11) is 0. The molecule has 0 bridgehead atoms. The van der Waals surface area contributed by atoms with Gasteiger partial charge < -0.3 is 5.32 Å². The maximum atomic E-state index is 3.68. The molecule has 0 aromatic rings. The number of nitrogens with one attached hydrogen (secondary N) is 1. The monoisotopic (exact) mass is 389 g/mol. The Labute approximate surface area is 168 Å². The summed E-state index contributed by atoms with van der Waals surface area (Å²) in [5.41, 5.74) is 0. The minimum atomic E-state index is 0.819.